The number of benzene rings is 1. The molecule has 0 amide bonds. The SMILES string of the molecule is [C-]#[N+]CCC(=O)[C@H](c1ccccc1)C(C)C. The lowest BCUT2D eigenvalue weighted by atomic mass is 9.84. The largest absolute Gasteiger partial charge is 0.316 e. The van der Waals surface area contributed by atoms with Crippen LogP contribution < -0.4 is 0 Å². The van der Waals surface area contributed by atoms with Crippen LogP contribution in [0.1, 0.15) is 31.7 Å². The van der Waals surface area contributed by atoms with Crippen molar-refractivity contribution in [3.05, 3.63) is 47.3 Å². The highest BCUT2D eigenvalue weighted by molar-refractivity contribution is 5.86. The molecule has 0 spiro atoms. The van der Waals surface area contributed by atoms with Crippen LogP contribution in [0.15, 0.2) is 30.3 Å². The fraction of sp³-hybridized carbons (Fsp3) is 0.429. The second-order valence-corrected chi connectivity index (χ2v) is 4.23. The highest BCUT2D eigenvalue weighted by Crippen LogP contribution is 2.26. The van der Waals surface area contributed by atoms with Crippen LogP contribution in [0.25, 0.3) is 4.85 Å². The van der Waals surface area contributed by atoms with Gasteiger partial charge in [0.1, 0.15) is 5.78 Å². The van der Waals surface area contributed by atoms with Crippen LogP contribution in [0.4, 0.5) is 0 Å². The topological polar surface area (TPSA) is 21.4 Å². The minimum Gasteiger partial charge on any atom is -0.316 e. The smallest absolute Gasteiger partial charge is 0.221 e. The molecule has 0 saturated carbocycles. The van der Waals surface area contributed by atoms with Crippen LogP contribution in [0, 0.1) is 12.5 Å². The number of carbonyl (C=O) groups excluding carboxylic acids is 1. The molecule has 0 N–H and O–H groups in total. The van der Waals surface area contributed by atoms with Gasteiger partial charge in [-0.1, -0.05) is 44.2 Å². The first kappa shape index (κ1) is 12.4. The van der Waals surface area contributed by atoms with Crippen molar-refractivity contribution in [1.82, 2.24) is 0 Å². The second kappa shape index (κ2) is 6.07. The second-order valence-electron chi connectivity index (χ2n) is 4.23. The van der Waals surface area contributed by atoms with Crippen LogP contribution in [-0.4, -0.2) is 12.3 Å². The normalized spacial score (nSPS) is 12.1. The van der Waals surface area contributed by atoms with Gasteiger partial charge in [-0.25, -0.2) is 6.57 Å². The summed E-state index contributed by atoms with van der Waals surface area (Å²) in [5.41, 5.74) is 1.06. The van der Waals surface area contributed by atoms with Crippen LogP contribution in [0.5, 0.6) is 0 Å². The van der Waals surface area contributed by atoms with Crippen molar-refractivity contribution in [1.29, 1.82) is 0 Å². The van der Waals surface area contributed by atoms with Gasteiger partial charge in [-0.15, -0.1) is 0 Å². The van der Waals surface area contributed by atoms with Gasteiger partial charge in [0.25, 0.3) is 0 Å². The van der Waals surface area contributed by atoms with Crippen LogP contribution in [-0.2, 0) is 4.79 Å². The number of carbonyl (C=O) groups is 1. The van der Waals surface area contributed by atoms with Crippen LogP contribution in [0.3, 0.4) is 0 Å². The molecule has 1 rings (SSSR count). The summed E-state index contributed by atoms with van der Waals surface area (Å²) in [6.07, 6.45) is 0.362. The lowest BCUT2D eigenvalue weighted by molar-refractivity contribution is -0.121. The molecule has 1 aromatic rings. The zero-order chi connectivity index (χ0) is 12.0. The van der Waals surface area contributed by atoms with Gasteiger partial charge >= 0.3 is 0 Å². The predicted molar refractivity (Wildman–Crippen MR) is 65.1 cm³/mol. The van der Waals surface area contributed by atoms with E-state index in [2.05, 4.69) is 4.85 Å². The van der Waals surface area contributed by atoms with Crippen LogP contribution in [0.2, 0.25) is 0 Å². The van der Waals surface area contributed by atoms with Crippen LogP contribution >= 0.6 is 0 Å². The third kappa shape index (κ3) is 3.20. The molecule has 0 heterocycles. The Bertz CT molecular complexity index is 375. The van der Waals surface area contributed by atoms with E-state index < -0.39 is 0 Å². The molecule has 0 fully saturated rings. The van der Waals surface area contributed by atoms with E-state index in [1.165, 1.54) is 0 Å². The molecule has 1 atom stereocenters. The first-order chi connectivity index (χ1) is 7.66. The summed E-state index contributed by atoms with van der Waals surface area (Å²) in [4.78, 5) is 15.2. The zero-order valence-electron chi connectivity index (χ0n) is 9.81. The molecule has 0 saturated heterocycles. The van der Waals surface area contributed by atoms with Gasteiger partial charge < -0.3 is 4.85 Å². The molecule has 0 aromatic heterocycles. The standard InChI is InChI=1S/C14H17NO/c1-11(2)14(13(16)9-10-15-3)12-7-5-4-6-8-12/h4-8,11,14H,9-10H2,1-2H3/t14-/m0/s1. The highest BCUT2D eigenvalue weighted by atomic mass is 16.1. The molecule has 0 bridgehead atoms. The maximum absolute atomic E-state index is 12.0. The van der Waals surface area contributed by atoms with Gasteiger partial charge in [0.15, 0.2) is 0 Å². The van der Waals surface area contributed by atoms with E-state index in [9.17, 15) is 4.79 Å². The van der Waals surface area contributed by atoms with E-state index >= 15 is 0 Å². The quantitative estimate of drug-likeness (QED) is 0.690. The number of hydrogen-bond donors (Lipinski definition) is 0. The predicted octanol–water partition coefficient (Wildman–Crippen LogP) is 3.30. The Morgan fingerprint density at radius 2 is 1.94 bits per heavy atom. The summed E-state index contributed by atoms with van der Waals surface area (Å²) in [7, 11) is 0. The lowest BCUT2D eigenvalue weighted by Crippen LogP contribution is -2.18. The number of ketones is 1. The van der Waals surface area contributed by atoms with Gasteiger partial charge in [-0.2, -0.15) is 0 Å². The fourth-order valence-corrected chi connectivity index (χ4v) is 1.92. The summed E-state index contributed by atoms with van der Waals surface area (Å²) in [5, 5.41) is 0. The maximum atomic E-state index is 12.0. The minimum absolute atomic E-state index is 0.0667. The van der Waals surface area contributed by atoms with E-state index in [1.54, 1.807) is 0 Å². The molecule has 0 radical (unpaired) electrons. The number of nitrogens with zero attached hydrogens (tertiary/aromatic N) is 1. The van der Waals surface area contributed by atoms with Crippen molar-refractivity contribution in [2.45, 2.75) is 26.2 Å². The lowest BCUT2D eigenvalue weighted by Gasteiger charge is -2.19. The molecule has 2 nitrogen and oxygen atoms in total. The van der Waals surface area contributed by atoms with Crippen molar-refractivity contribution in [2.75, 3.05) is 6.54 Å². The van der Waals surface area contributed by atoms with Gasteiger partial charge in [0.2, 0.25) is 6.54 Å². The van der Waals surface area contributed by atoms with Crippen molar-refractivity contribution < 1.29 is 4.79 Å². The fourth-order valence-electron chi connectivity index (χ4n) is 1.92. The monoisotopic (exact) mass is 215 g/mol. The van der Waals surface area contributed by atoms with Gasteiger partial charge in [-0.3, -0.25) is 4.79 Å². The van der Waals surface area contributed by atoms with Gasteiger partial charge in [0.05, 0.1) is 6.42 Å². The molecule has 0 aliphatic rings. The number of hydrogen-bond acceptors (Lipinski definition) is 1. The van der Waals surface area contributed by atoms with Crippen molar-refractivity contribution in [2.24, 2.45) is 5.92 Å². The average Bonchev–Trinajstić information content (AvgIpc) is 2.27. The van der Waals surface area contributed by atoms with Crippen molar-refractivity contribution in [3.63, 3.8) is 0 Å². The number of Topliss-reactive ketones (excluding diaryl/α,β-unsaturated/α-hetero) is 1. The third-order valence-electron chi connectivity index (χ3n) is 2.64. The summed E-state index contributed by atoms with van der Waals surface area (Å²) >= 11 is 0. The Morgan fingerprint density at radius 3 is 2.44 bits per heavy atom. The highest BCUT2D eigenvalue weighted by Gasteiger charge is 2.23. The maximum Gasteiger partial charge on any atom is 0.221 e. The summed E-state index contributed by atoms with van der Waals surface area (Å²) < 4.78 is 0. The van der Waals surface area contributed by atoms with Crippen molar-refractivity contribution in [3.8, 4) is 0 Å². The molecule has 16 heavy (non-hydrogen) atoms. The van der Waals surface area contributed by atoms with E-state index in [-0.39, 0.29) is 17.6 Å². The molecule has 0 aliphatic carbocycles. The van der Waals surface area contributed by atoms with E-state index in [0.717, 1.165) is 5.56 Å². The first-order valence-corrected chi connectivity index (χ1v) is 5.57. The van der Waals surface area contributed by atoms with Gasteiger partial charge in [-0.05, 0) is 11.5 Å². The minimum atomic E-state index is -0.0667. The Hall–Kier alpha value is -1.62. The molecular weight excluding hydrogens is 198 g/mol. The zero-order valence-corrected chi connectivity index (χ0v) is 9.81. The molecular formula is C14H17NO. The van der Waals surface area contributed by atoms with E-state index in [0.29, 0.717) is 13.0 Å². The Kier molecular flexibility index (Phi) is 4.72. The Morgan fingerprint density at radius 1 is 1.31 bits per heavy atom. The Balaban J connectivity index is 2.84. The van der Waals surface area contributed by atoms with E-state index in [1.807, 2.05) is 44.2 Å². The first-order valence-electron chi connectivity index (χ1n) is 5.57. The molecule has 84 valence electrons. The molecule has 2 heteroatoms. The molecule has 0 aliphatic heterocycles. The molecule has 0 unspecified atom stereocenters. The molecule has 1 aromatic carbocycles. The Labute approximate surface area is 97.1 Å². The van der Waals surface area contributed by atoms with Crippen molar-refractivity contribution >= 4 is 5.78 Å². The van der Waals surface area contributed by atoms with Gasteiger partial charge in [0, 0.05) is 5.92 Å². The third-order valence-corrected chi connectivity index (χ3v) is 2.64. The summed E-state index contributed by atoms with van der Waals surface area (Å²) in [6, 6.07) is 9.82. The van der Waals surface area contributed by atoms with E-state index in [4.69, 9.17) is 6.57 Å². The number of rotatable bonds is 5. The summed E-state index contributed by atoms with van der Waals surface area (Å²) in [6.45, 7) is 11.1. The average molecular weight is 215 g/mol. The summed E-state index contributed by atoms with van der Waals surface area (Å²) in [5.74, 6) is 0.390.